The summed E-state index contributed by atoms with van der Waals surface area (Å²) < 4.78 is 0. The molecule has 7 heteroatoms. The van der Waals surface area contributed by atoms with Gasteiger partial charge in [0.25, 0.3) is 0 Å². The Morgan fingerprint density at radius 3 is 2.70 bits per heavy atom. The normalized spacial score (nSPS) is 11.1. The van der Waals surface area contributed by atoms with Gasteiger partial charge in [-0.2, -0.15) is 0 Å². The van der Waals surface area contributed by atoms with Gasteiger partial charge in [0, 0.05) is 25.6 Å². The zero-order chi connectivity index (χ0) is 16.7. The Morgan fingerprint density at radius 1 is 1.30 bits per heavy atom. The first-order chi connectivity index (χ1) is 11.1. The smallest absolute Gasteiger partial charge is 0.191 e. The maximum Gasteiger partial charge on any atom is 0.191 e. The summed E-state index contributed by atoms with van der Waals surface area (Å²) >= 11 is 7.66. The van der Waals surface area contributed by atoms with Gasteiger partial charge in [0.2, 0.25) is 0 Å². The van der Waals surface area contributed by atoms with Crippen LogP contribution in [0.15, 0.2) is 34.4 Å². The summed E-state index contributed by atoms with van der Waals surface area (Å²) in [4.78, 5) is 12.6. The standard InChI is InChI=1S/C16H20ClN5S/c1-3-8-23-16-21-14(17)13(18)15(22-16)20-10-12-6-4-11(5-7-12)9-19-2/h4-7,9H,3,8,10,18H2,1-2H3,(H,20,21,22)/b19-9+. The number of hydrogen-bond donors (Lipinski definition) is 2. The second-order valence-electron chi connectivity index (χ2n) is 4.89. The molecule has 23 heavy (non-hydrogen) atoms. The highest BCUT2D eigenvalue weighted by molar-refractivity contribution is 7.99. The lowest BCUT2D eigenvalue weighted by atomic mass is 10.1. The Labute approximate surface area is 145 Å². The average molecular weight is 350 g/mol. The van der Waals surface area contributed by atoms with Crippen molar-refractivity contribution < 1.29 is 0 Å². The van der Waals surface area contributed by atoms with Gasteiger partial charge in [-0.25, -0.2) is 9.97 Å². The van der Waals surface area contributed by atoms with Crippen LogP contribution in [0.25, 0.3) is 0 Å². The van der Waals surface area contributed by atoms with Gasteiger partial charge in [0.15, 0.2) is 16.1 Å². The van der Waals surface area contributed by atoms with Crippen LogP contribution in [0.2, 0.25) is 5.15 Å². The Morgan fingerprint density at radius 2 is 2.04 bits per heavy atom. The zero-order valence-electron chi connectivity index (χ0n) is 13.2. The van der Waals surface area contributed by atoms with Gasteiger partial charge in [0.1, 0.15) is 5.69 Å². The van der Waals surface area contributed by atoms with Crippen molar-refractivity contribution in [3.63, 3.8) is 0 Å². The fraction of sp³-hybridized carbons (Fsp3) is 0.312. The lowest BCUT2D eigenvalue weighted by molar-refractivity contribution is 0.953. The van der Waals surface area contributed by atoms with Crippen molar-refractivity contribution in [3.05, 3.63) is 40.5 Å². The highest BCUT2D eigenvalue weighted by atomic mass is 35.5. The number of aliphatic imine (C=N–C) groups is 1. The maximum absolute atomic E-state index is 6.09. The number of anilines is 2. The van der Waals surface area contributed by atoms with E-state index in [1.807, 2.05) is 30.5 Å². The number of aromatic nitrogens is 2. The molecule has 0 bridgehead atoms. The second kappa shape index (κ2) is 8.74. The highest BCUT2D eigenvalue weighted by Crippen LogP contribution is 2.27. The fourth-order valence-electron chi connectivity index (χ4n) is 1.87. The van der Waals surface area contributed by atoms with Gasteiger partial charge in [-0.3, -0.25) is 4.99 Å². The third-order valence-corrected chi connectivity index (χ3v) is 4.37. The first kappa shape index (κ1) is 17.6. The van der Waals surface area contributed by atoms with Crippen molar-refractivity contribution in [1.82, 2.24) is 9.97 Å². The quantitative estimate of drug-likeness (QED) is 0.343. The van der Waals surface area contributed by atoms with E-state index in [9.17, 15) is 0 Å². The minimum absolute atomic E-state index is 0.288. The summed E-state index contributed by atoms with van der Waals surface area (Å²) in [5, 5.41) is 4.16. The topological polar surface area (TPSA) is 76.2 Å². The van der Waals surface area contributed by atoms with E-state index in [0.29, 0.717) is 23.2 Å². The molecule has 0 amide bonds. The van der Waals surface area contributed by atoms with Gasteiger partial charge in [-0.05, 0) is 17.5 Å². The third kappa shape index (κ3) is 5.11. The molecule has 2 aromatic rings. The fourth-order valence-corrected chi connectivity index (χ4v) is 2.79. The van der Waals surface area contributed by atoms with Crippen LogP contribution in [0.1, 0.15) is 24.5 Å². The van der Waals surface area contributed by atoms with Gasteiger partial charge in [-0.15, -0.1) is 0 Å². The van der Waals surface area contributed by atoms with Crippen molar-refractivity contribution in [2.24, 2.45) is 4.99 Å². The summed E-state index contributed by atoms with van der Waals surface area (Å²) in [6.07, 6.45) is 2.86. The van der Waals surface area contributed by atoms with Crippen LogP contribution >= 0.6 is 23.4 Å². The van der Waals surface area contributed by atoms with Crippen LogP contribution < -0.4 is 11.1 Å². The molecule has 0 spiro atoms. The van der Waals surface area contributed by atoms with Crippen molar-refractivity contribution in [2.45, 2.75) is 25.0 Å². The number of nitrogen functional groups attached to an aromatic ring is 1. The molecule has 0 aliphatic heterocycles. The van der Waals surface area contributed by atoms with E-state index in [1.165, 1.54) is 0 Å². The molecule has 0 saturated carbocycles. The van der Waals surface area contributed by atoms with E-state index in [1.54, 1.807) is 18.8 Å². The summed E-state index contributed by atoms with van der Waals surface area (Å²) in [5.41, 5.74) is 8.53. The molecular formula is C16H20ClN5S. The first-order valence-electron chi connectivity index (χ1n) is 7.34. The molecule has 3 N–H and O–H groups in total. The molecule has 1 heterocycles. The Hall–Kier alpha value is -1.79. The SMILES string of the molecule is CCCSc1nc(Cl)c(N)c(NCc2ccc(/C=N/C)cc2)n1. The van der Waals surface area contributed by atoms with Crippen molar-refractivity contribution in [3.8, 4) is 0 Å². The van der Waals surface area contributed by atoms with E-state index in [4.69, 9.17) is 17.3 Å². The Bertz CT molecular complexity index is 673. The lowest BCUT2D eigenvalue weighted by Gasteiger charge is -2.11. The molecule has 0 unspecified atom stereocenters. The molecule has 0 fully saturated rings. The molecule has 122 valence electrons. The molecule has 0 atom stereocenters. The Kier molecular flexibility index (Phi) is 6.67. The number of nitrogens with zero attached hydrogens (tertiary/aromatic N) is 3. The minimum atomic E-state index is 0.288. The van der Waals surface area contributed by atoms with Crippen LogP contribution in [0.4, 0.5) is 11.5 Å². The molecule has 1 aromatic carbocycles. The molecular weight excluding hydrogens is 330 g/mol. The number of rotatable bonds is 7. The monoisotopic (exact) mass is 349 g/mol. The van der Waals surface area contributed by atoms with E-state index >= 15 is 0 Å². The van der Waals surface area contributed by atoms with Crippen LogP contribution in [-0.4, -0.2) is 29.0 Å². The van der Waals surface area contributed by atoms with Crippen LogP contribution in [0, 0.1) is 0 Å². The number of hydrogen-bond acceptors (Lipinski definition) is 6. The van der Waals surface area contributed by atoms with Crippen molar-refractivity contribution >= 4 is 41.1 Å². The van der Waals surface area contributed by atoms with Crippen LogP contribution in [-0.2, 0) is 6.54 Å². The lowest BCUT2D eigenvalue weighted by Crippen LogP contribution is -2.07. The third-order valence-electron chi connectivity index (χ3n) is 3.03. The van der Waals surface area contributed by atoms with Gasteiger partial charge >= 0.3 is 0 Å². The molecule has 0 aliphatic carbocycles. The van der Waals surface area contributed by atoms with E-state index in [0.717, 1.165) is 23.3 Å². The number of benzene rings is 1. The summed E-state index contributed by atoms with van der Waals surface area (Å²) in [5.74, 6) is 1.52. The second-order valence-corrected chi connectivity index (χ2v) is 6.31. The first-order valence-corrected chi connectivity index (χ1v) is 8.71. The predicted octanol–water partition coefficient (Wildman–Crippen LogP) is 3.88. The van der Waals surface area contributed by atoms with Gasteiger partial charge in [-0.1, -0.05) is 54.6 Å². The highest BCUT2D eigenvalue weighted by Gasteiger charge is 2.10. The molecule has 0 radical (unpaired) electrons. The van der Waals surface area contributed by atoms with E-state index < -0.39 is 0 Å². The number of thioether (sulfide) groups is 1. The summed E-state index contributed by atoms with van der Waals surface area (Å²) in [6.45, 7) is 2.72. The molecule has 2 rings (SSSR count). The van der Waals surface area contributed by atoms with Crippen molar-refractivity contribution in [2.75, 3.05) is 23.9 Å². The summed E-state index contributed by atoms with van der Waals surface area (Å²) in [7, 11) is 1.76. The molecule has 0 aliphatic rings. The number of nitrogens with two attached hydrogens (primary N) is 1. The largest absolute Gasteiger partial charge is 0.393 e. The van der Waals surface area contributed by atoms with Gasteiger partial charge in [0.05, 0.1) is 0 Å². The average Bonchev–Trinajstić information content (AvgIpc) is 2.56. The number of halogens is 1. The maximum atomic E-state index is 6.09. The van der Waals surface area contributed by atoms with E-state index in [2.05, 4.69) is 27.2 Å². The molecule has 1 aromatic heterocycles. The molecule has 5 nitrogen and oxygen atoms in total. The predicted molar refractivity (Wildman–Crippen MR) is 99.8 cm³/mol. The summed E-state index contributed by atoms with van der Waals surface area (Å²) in [6, 6.07) is 8.11. The van der Waals surface area contributed by atoms with Crippen LogP contribution in [0.5, 0.6) is 0 Å². The Balaban J connectivity index is 2.08. The zero-order valence-corrected chi connectivity index (χ0v) is 14.8. The van der Waals surface area contributed by atoms with Crippen LogP contribution in [0.3, 0.4) is 0 Å². The van der Waals surface area contributed by atoms with E-state index in [-0.39, 0.29) is 5.15 Å². The van der Waals surface area contributed by atoms with Gasteiger partial charge < -0.3 is 11.1 Å². The molecule has 0 saturated heterocycles. The number of nitrogens with one attached hydrogen (secondary N) is 1. The van der Waals surface area contributed by atoms with Crippen molar-refractivity contribution in [1.29, 1.82) is 0 Å². The minimum Gasteiger partial charge on any atom is -0.393 e.